The maximum absolute atomic E-state index is 4.74. The van der Waals surface area contributed by atoms with Gasteiger partial charge in [0.2, 0.25) is 0 Å². The van der Waals surface area contributed by atoms with Crippen LogP contribution in [0.15, 0.2) is 24.3 Å². The molecule has 3 rings (SSSR count). The molecule has 0 radical (unpaired) electrons. The van der Waals surface area contributed by atoms with Gasteiger partial charge in [-0.05, 0) is 32.5 Å². The van der Waals surface area contributed by atoms with Gasteiger partial charge in [0.25, 0.3) is 0 Å². The van der Waals surface area contributed by atoms with Gasteiger partial charge in [0.05, 0.1) is 11.4 Å². The van der Waals surface area contributed by atoms with Crippen LogP contribution in [0.25, 0.3) is 22.2 Å². The van der Waals surface area contributed by atoms with E-state index in [1.807, 2.05) is 18.8 Å². The number of benzene rings is 1. The smallest absolute Gasteiger partial charge is 0.0979 e. The van der Waals surface area contributed by atoms with Crippen LogP contribution in [0.5, 0.6) is 0 Å². The highest BCUT2D eigenvalue weighted by Gasteiger charge is 2.18. The summed E-state index contributed by atoms with van der Waals surface area (Å²) >= 11 is 0. The highest BCUT2D eigenvalue weighted by Crippen LogP contribution is 2.33. The van der Waals surface area contributed by atoms with E-state index in [0.717, 1.165) is 12.2 Å². The zero-order chi connectivity index (χ0) is 14.3. The van der Waals surface area contributed by atoms with Crippen LogP contribution in [0.3, 0.4) is 0 Å². The first-order valence-electron chi connectivity index (χ1n) is 6.88. The summed E-state index contributed by atoms with van der Waals surface area (Å²) in [5.41, 5.74) is 7.11. The Balaban J connectivity index is 2.26. The number of para-hydroxylation sites is 1. The Labute approximate surface area is 118 Å². The lowest BCUT2D eigenvalue weighted by Gasteiger charge is -2.02. The van der Waals surface area contributed by atoms with E-state index in [9.17, 15) is 0 Å². The second kappa shape index (κ2) is 4.80. The lowest BCUT2D eigenvalue weighted by molar-refractivity contribution is 0.671. The van der Waals surface area contributed by atoms with Crippen molar-refractivity contribution < 1.29 is 0 Å². The monoisotopic (exact) mass is 268 g/mol. The van der Waals surface area contributed by atoms with Crippen molar-refractivity contribution in [3.05, 3.63) is 41.2 Å². The summed E-state index contributed by atoms with van der Waals surface area (Å²) in [4.78, 5) is 3.45. The molecule has 0 aliphatic rings. The van der Waals surface area contributed by atoms with Crippen molar-refractivity contribution >= 4 is 10.9 Å². The standard InChI is InChI=1S/C16H20N4/c1-10-14(9-17-3)20(4)19-16(10)15-11(2)18-13-8-6-5-7-12(13)15/h5-8,17-18H,9H2,1-4H3. The molecule has 4 nitrogen and oxygen atoms in total. The number of hydrogen-bond acceptors (Lipinski definition) is 2. The minimum atomic E-state index is 0.830. The van der Waals surface area contributed by atoms with Gasteiger partial charge in [-0.15, -0.1) is 0 Å². The van der Waals surface area contributed by atoms with Gasteiger partial charge in [0, 0.05) is 35.8 Å². The molecule has 2 N–H and O–H groups in total. The number of aromatic amines is 1. The fourth-order valence-electron chi connectivity index (χ4n) is 2.90. The Hall–Kier alpha value is -2.07. The van der Waals surface area contributed by atoms with Crippen LogP contribution in [-0.4, -0.2) is 21.8 Å². The molecule has 4 heteroatoms. The zero-order valence-electron chi connectivity index (χ0n) is 12.4. The molecular weight excluding hydrogens is 248 g/mol. The normalized spacial score (nSPS) is 11.4. The number of nitrogens with zero attached hydrogens (tertiary/aromatic N) is 2. The van der Waals surface area contributed by atoms with Gasteiger partial charge in [-0.25, -0.2) is 0 Å². The van der Waals surface area contributed by atoms with E-state index in [0.29, 0.717) is 0 Å². The maximum Gasteiger partial charge on any atom is 0.0979 e. The van der Waals surface area contributed by atoms with Crippen LogP contribution in [0.2, 0.25) is 0 Å². The molecule has 0 aliphatic carbocycles. The third kappa shape index (κ3) is 1.84. The molecule has 104 valence electrons. The Morgan fingerprint density at radius 3 is 2.75 bits per heavy atom. The molecule has 0 aliphatic heterocycles. The summed E-state index contributed by atoms with van der Waals surface area (Å²) < 4.78 is 1.97. The quantitative estimate of drug-likeness (QED) is 0.767. The minimum absolute atomic E-state index is 0.830. The van der Waals surface area contributed by atoms with Crippen LogP contribution in [0, 0.1) is 13.8 Å². The third-order valence-electron chi connectivity index (χ3n) is 3.90. The van der Waals surface area contributed by atoms with E-state index in [2.05, 4.69) is 48.4 Å². The minimum Gasteiger partial charge on any atom is -0.358 e. The van der Waals surface area contributed by atoms with Gasteiger partial charge < -0.3 is 10.3 Å². The topological polar surface area (TPSA) is 45.6 Å². The van der Waals surface area contributed by atoms with Crippen LogP contribution >= 0.6 is 0 Å². The Morgan fingerprint density at radius 2 is 2.00 bits per heavy atom. The predicted molar refractivity (Wildman–Crippen MR) is 82.7 cm³/mol. The van der Waals surface area contributed by atoms with E-state index < -0.39 is 0 Å². The second-order valence-corrected chi connectivity index (χ2v) is 5.24. The molecule has 3 aromatic rings. The van der Waals surface area contributed by atoms with Gasteiger partial charge in [0.15, 0.2) is 0 Å². The molecule has 0 amide bonds. The van der Waals surface area contributed by atoms with Crippen molar-refractivity contribution in [3.8, 4) is 11.3 Å². The number of aryl methyl sites for hydroxylation is 2. The number of hydrogen-bond donors (Lipinski definition) is 2. The van der Waals surface area contributed by atoms with Crippen LogP contribution in [0.4, 0.5) is 0 Å². The van der Waals surface area contributed by atoms with Crippen LogP contribution < -0.4 is 5.32 Å². The van der Waals surface area contributed by atoms with Crippen molar-refractivity contribution in [2.75, 3.05) is 7.05 Å². The summed E-state index contributed by atoms with van der Waals surface area (Å²) in [5.74, 6) is 0. The molecule has 1 aromatic carbocycles. The SMILES string of the molecule is CNCc1c(C)c(-c2c(C)[nH]c3ccccc23)nn1C. The third-order valence-corrected chi connectivity index (χ3v) is 3.90. The average Bonchev–Trinajstić information content (AvgIpc) is 2.89. The molecule has 2 heterocycles. The number of aromatic nitrogens is 3. The average molecular weight is 268 g/mol. The Bertz CT molecular complexity index is 764. The van der Waals surface area contributed by atoms with E-state index >= 15 is 0 Å². The lowest BCUT2D eigenvalue weighted by Crippen LogP contribution is -2.10. The molecule has 0 spiro atoms. The van der Waals surface area contributed by atoms with Crippen LogP contribution in [0.1, 0.15) is 17.0 Å². The van der Waals surface area contributed by atoms with E-state index in [4.69, 9.17) is 5.10 Å². The molecule has 2 aromatic heterocycles. The molecular formula is C16H20N4. The van der Waals surface area contributed by atoms with E-state index in [-0.39, 0.29) is 0 Å². The number of H-pyrrole nitrogens is 1. The highest BCUT2D eigenvalue weighted by molar-refractivity contribution is 5.97. The number of rotatable bonds is 3. The first kappa shape index (κ1) is 12.9. The second-order valence-electron chi connectivity index (χ2n) is 5.24. The summed E-state index contributed by atoms with van der Waals surface area (Å²) in [6.45, 7) is 5.09. The fraction of sp³-hybridized carbons (Fsp3) is 0.312. The van der Waals surface area contributed by atoms with Crippen molar-refractivity contribution in [1.29, 1.82) is 0 Å². The molecule has 0 fully saturated rings. The van der Waals surface area contributed by atoms with Crippen molar-refractivity contribution in [3.63, 3.8) is 0 Å². The molecule has 20 heavy (non-hydrogen) atoms. The largest absolute Gasteiger partial charge is 0.358 e. The van der Waals surface area contributed by atoms with Crippen LogP contribution in [-0.2, 0) is 13.6 Å². The van der Waals surface area contributed by atoms with Crippen molar-refractivity contribution in [2.24, 2.45) is 7.05 Å². The van der Waals surface area contributed by atoms with Gasteiger partial charge >= 0.3 is 0 Å². The molecule has 0 atom stereocenters. The summed E-state index contributed by atoms with van der Waals surface area (Å²) in [6, 6.07) is 8.39. The Kier molecular flexibility index (Phi) is 3.10. The van der Waals surface area contributed by atoms with Crippen molar-refractivity contribution in [2.45, 2.75) is 20.4 Å². The number of nitrogens with one attached hydrogen (secondary N) is 2. The first-order chi connectivity index (χ1) is 9.63. The molecule has 0 unspecified atom stereocenters. The lowest BCUT2D eigenvalue weighted by atomic mass is 10.0. The van der Waals surface area contributed by atoms with E-state index in [1.165, 1.54) is 33.4 Å². The molecule has 0 saturated carbocycles. The van der Waals surface area contributed by atoms with Crippen molar-refractivity contribution in [1.82, 2.24) is 20.1 Å². The maximum atomic E-state index is 4.74. The summed E-state index contributed by atoms with van der Waals surface area (Å²) in [5, 5.41) is 9.18. The van der Waals surface area contributed by atoms with Gasteiger partial charge in [-0.3, -0.25) is 4.68 Å². The first-order valence-corrected chi connectivity index (χ1v) is 6.88. The highest BCUT2D eigenvalue weighted by atomic mass is 15.3. The fourth-order valence-corrected chi connectivity index (χ4v) is 2.90. The molecule has 0 bridgehead atoms. The molecule has 0 saturated heterocycles. The van der Waals surface area contributed by atoms with E-state index in [1.54, 1.807) is 0 Å². The zero-order valence-corrected chi connectivity index (χ0v) is 12.4. The van der Waals surface area contributed by atoms with Gasteiger partial charge in [-0.1, -0.05) is 18.2 Å². The van der Waals surface area contributed by atoms with Gasteiger partial charge in [0.1, 0.15) is 0 Å². The van der Waals surface area contributed by atoms with Gasteiger partial charge in [-0.2, -0.15) is 5.10 Å². The predicted octanol–water partition coefficient (Wildman–Crippen LogP) is 2.90. The Morgan fingerprint density at radius 1 is 1.25 bits per heavy atom. The summed E-state index contributed by atoms with van der Waals surface area (Å²) in [7, 11) is 3.97. The number of fused-ring (bicyclic) bond motifs is 1. The summed E-state index contributed by atoms with van der Waals surface area (Å²) in [6.07, 6.45) is 0.